The number of hydrogen-bond acceptors (Lipinski definition) is 5. The molecule has 1 saturated heterocycles. The van der Waals surface area contributed by atoms with Gasteiger partial charge in [0.2, 0.25) is 5.91 Å². The smallest absolute Gasteiger partial charge is 0.271 e. The third-order valence-electron chi connectivity index (χ3n) is 6.45. The summed E-state index contributed by atoms with van der Waals surface area (Å²) in [6.07, 6.45) is 3.51. The Hall–Kier alpha value is -1.61. The maximum absolute atomic E-state index is 13.9. The third kappa shape index (κ3) is 3.54. The third-order valence-corrected chi connectivity index (χ3v) is 7.34. The van der Waals surface area contributed by atoms with Gasteiger partial charge in [0.1, 0.15) is 24.0 Å². The number of anilines is 1. The van der Waals surface area contributed by atoms with Crippen LogP contribution in [-0.4, -0.2) is 48.4 Å². The molecule has 2 amide bonds. The number of aryl methyl sites for hydroxylation is 1. The molecule has 28 heavy (non-hydrogen) atoms. The van der Waals surface area contributed by atoms with Crippen molar-refractivity contribution in [2.24, 2.45) is 11.3 Å². The molecule has 4 rings (SSSR count). The zero-order valence-corrected chi connectivity index (χ0v) is 16.6. The van der Waals surface area contributed by atoms with Gasteiger partial charge in [0.05, 0.1) is 13.2 Å². The van der Waals surface area contributed by atoms with E-state index in [1.165, 1.54) is 12.8 Å². The maximum Gasteiger partial charge on any atom is 0.271 e. The number of rotatable bonds is 4. The summed E-state index contributed by atoms with van der Waals surface area (Å²) in [6.45, 7) is 1.15. The Bertz CT molecular complexity index is 756. The van der Waals surface area contributed by atoms with Crippen molar-refractivity contribution in [2.75, 3.05) is 18.5 Å². The summed E-state index contributed by atoms with van der Waals surface area (Å²) in [6, 6.07) is 0.184. The number of aromatic nitrogens is 1. The Morgan fingerprint density at radius 2 is 1.86 bits per heavy atom. The summed E-state index contributed by atoms with van der Waals surface area (Å²) in [5.41, 5.74) is 0.521. The first kappa shape index (κ1) is 19.7. The predicted molar refractivity (Wildman–Crippen MR) is 101 cm³/mol. The second kappa shape index (κ2) is 7.67. The fraction of sp³-hybridized carbons (Fsp3) is 0.737. The van der Waals surface area contributed by atoms with E-state index < -0.39 is 24.2 Å². The molecule has 3 aliphatic rings. The first-order valence-electron chi connectivity index (χ1n) is 9.85. The van der Waals surface area contributed by atoms with Gasteiger partial charge in [-0.2, -0.15) is 0 Å². The van der Waals surface area contributed by atoms with E-state index in [1.54, 1.807) is 6.92 Å². The predicted octanol–water partition coefficient (Wildman–Crippen LogP) is 3.17. The van der Waals surface area contributed by atoms with Gasteiger partial charge in [-0.25, -0.2) is 13.8 Å². The molecule has 1 aliphatic heterocycles. The number of hydrogen-bond donors (Lipinski definition) is 2. The highest BCUT2D eigenvalue weighted by atomic mass is 32.1. The fourth-order valence-electron chi connectivity index (χ4n) is 4.73. The van der Waals surface area contributed by atoms with Crippen molar-refractivity contribution in [3.8, 4) is 0 Å². The van der Waals surface area contributed by atoms with Crippen LogP contribution in [0.2, 0.25) is 0 Å². The summed E-state index contributed by atoms with van der Waals surface area (Å²) in [7, 11) is 0. The van der Waals surface area contributed by atoms with Gasteiger partial charge in [-0.1, -0.05) is 12.8 Å². The van der Waals surface area contributed by atoms with Crippen molar-refractivity contribution in [2.45, 2.75) is 63.8 Å². The Morgan fingerprint density at radius 3 is 2.46 bits per heavy atom. The van der Waals surface area contributed by atoms with E-state index in [0.717, 1.165) is 37.0 Å². The van der Waals surface area contributed by atoms with Crippen molar-refractivity contribution in [1.82, 2.24) is 10.3 Å². The molecule has 2 N–H and O–H groups in total. The Kier molecular flexibility index (Phi) is 5.39. The molecule has 154 valence electrons. The lowest BCUT2D eigenvalue weighted by molar-refractivity contribution is -0.132. The van der Waals surface area contributed by atoms with E-state index >= 15 is 0 Å². The molecule has 3 fully saturated rings. The van der Waals surface area contributed by atoms with Crippen LogP contribution in [0.4, 0.5) is 13.9 Å². The quantitative estimate of drug-likeness (QED) is 0.795. The molecule has 1 aromatic heterocycles. The van der Waals surface area contributed by atoms with Crippen molar-refractivity contribution < 1.29 is 23.1 Å². The zero-order valence-electron chi connectivity index (χ0n) is 15.8. The van der Waals surface area contributed by atoms with Gasteiger partial charge >= 0.3 is 0 Å². The SMILES string of the molecule is Cc1sc(NC(=O)C2C(F)COCC2F)nc1C(=O)N[C@@H]1CCC12CCCC2. The number of halogens is 2. The number of nitrogens with zero attached hydrogens (tertiary/aromatic N) is 1. The minimum atomic E-state index is -1.70. The summed E-state index contributed by atoms with van der Waals surface area (Å²) in [5, 5.41) is 5.76. The number of thiazole rings is 1. The average Bonchev–Trinajstić information content (AvgIpc) is 3.27. The second-order valence-electron chi connectivity index (χ2n) is 8.14. The normalized spacial score (nSPS) is 31.4. The van der Waals surface area contributed by atoms with Crippen LogP contribution in [0.5, 0.6) is 0 Å². The lowest BCUT2D eigenvalue weighted by Gasteiger charge is -2.47. The molecular weight excluding hydrogens is 388 g/mol. The van der Waals surface area contributed by atoms with E-state index in [9.17, 15) is 18.4 Å². The molecule has 3 atom stereocenters. The van der Waals surface area contributed by atoms with Crippen LogP contribution >= 0.6 is 11.3 Å². The number of ether oxygens (including phenoxy) is 1. The molecule has 0 radical (unpaired) electrons. The van der Waals surface area contributed by atoms with Gasteiger partial charge in [-0.3, -0.25) is 9.59 Å². The molecule has 2 heterocycles. The van der Waals surface area contributed by atoms with Crippen LogP contribution in [-0.2, 0) is 9.53 Å². The second-order valence-corrected chi connectivity index (χ2v) is 9.35. The van der Waals surface area contributed by atoms with E-state index in [4.69, 9.17) is 4.74 Å². The maximum atomic E-state index is 13.9. The van der Waals surface area contributed by atoms with E-state index in [0.29, 0.717) is 4.88 Å². The van der Waals surface area contributed by atoms with Crippen LogP contribution in [0.25, 0.3) is 0 Å². The fourth-order valence-corrected chi connectivity index (χ4v) is 5.54. The van der Waals surface area contributed by atoms with Crippen LogP contribution in [0.1, 0.15) is 53.9 Å². The van der Waals surface area contributed by atoms with Crippen LogP contribution in [0.15, 0.2) is 0 Å². The summed E-state index contributed by atoms with van der Waals surface area (Å²) in [5.74, 6) is -2.44. The standard InChI is InChI=1S/C19H25F2N3O3S/c1-10-15(17(26)22-13-4-7-19(13)5-2-3-6-19)23-18(28-10)24-16(25)14-11(20)8-27-9-12(14)21/h11-14H,2-9H2,1H3,(H,22,26)(H,23,24,25)/t11?,12?,13-,14?/m1/s1. The van der Waals surface area contributed by atoms with Crippen LogP contribution in [0.3, 0.4) is 0 Å². The first-order chi connectivity index (χ1) is 13.4. The Labute approximate surface area is 166 Å². The first-order valence-corrected chi connectivity index (χ1v) is 10.7. The number of carbonyl (C=O) groups excluding carboxylic acids is 2. The highest BCUT2D eigenvalue weighted by molar-refractivity contribution is 7.16. The average molecular weight is 413 g/mol. The molecule has 1 aromatic rings. The van der Waals surface area contributed by atoms with Crippen molar-refractivity contribution >= 4 is 28.3 Å². The van der Waals surface area contributed by atoms with E-state index in [2.05, 4.69) is 15.6 Å². The zero-order chi connectivity index (χ0) is 19.9. The topological polar surface area (TPSA) is 80.3 Å². The van der Waals surface area contributed by atoms with Crippen molar-refractivity contribution in [3.63, 3.8) is 0 Å². The van der Waals surface area contributed by atoms with E-state index in [-0.39, 0.29) is 41.4 Å². The monoisotopic (exact) mass is 413 g/mol. The molecule has 2 aliphatic carbocycles. The number of carbonyl (C=O) groups is 2. The highest BCUT2D eigenvalue weighted by Crippen LogP contribution is 2.53. The van der Waals surface area contributed by atoms with Gasteiger partial charge in [-0.15, -0.1) is 11.3 Å². The molecular formula is C19H25F2N3O3S. The molecule has 2 saturated carbocycles. The molecule has 0 aromatic carbocycles. The van der Waals surface area contributed by atoms with E-state index in [1.807, 2.05) is 0 Å². The van der Waals surface area contributed by atoms with Gasteiger partial charge in [0, 0.05) is 10.9 Å². The molecule has 6 nitrogen and oxygen atoms in total. The number of amides is 2. The lowest BCUT2D eigenvalue weighted by atomic mass is 9.63. The van der Waals surface area contributed by atoms with Crippen molar-refractivity contribution in [3.05, 3.63) is 10.6 Å². The lowest BCUT2D eigenvalue weighted by Crippen LogP contribution is -2.54. The molecule has 9 heteroatoms. The largest absolute Gasteiger partial charge is 0.375 e. The van der Waals surface area contributed by atoms with Crippen molar-refractivity contribution in [1.29, 1.82) is 0 Å². The van der Waals surface area contributed by atoms with Gasteiger partial charge in [0.25, 0.3) is 5.91 Å². The minimum absolute atomic E-state index is 0.183. The highest BCUT2D eigenvalue weighted by Gasteiger charge is 2.49. The minimum Gasteiger partial charge on any atom is -0.375 e. The number of alkyl halides is 2. The van der Waals surface area contributed by atoms with Gasteiger partial charge < -0.3 is 15.4 Å². The summed E-state index contributed by atoms with van der Waals surface area (Å²) in [4.78, 5) is 29.9. The molecule has 1 spiro atoms. The number of nitrogens with one attached hydrogen (secondary N) is 2. The molecule has 0 bridgehead atoms. The Morgan fingerprint density at radius 1 is 1.18 bits per heavy atom. The van der Waals surface area contributed by atoms with Gasteiger partial charge in [0.15, 0.2) is 5.13 Å². The Balaban J connectivity index is 1.40. The van der Waals surface area contributed by atoms with Crippen LogP contribution < -0.4 is 10.6 Å². The molecule has 2 unspecified atom stereocenters. The van der Waals surface area contributed by atoms with Crippen LogP contribution in [0, 0.1) is 18.3 Å². The summed E-state index contributed by atoms with van der Waals surface area (Å²) < 4.78 is 32.6. The van der Waals surface area contributed by atoms with Gasteiger partial charge in [-0.05, 0) is 38.0 Å². The summed E-state index contributed by atoms with van der Waals surface area (Å²) >= 11 is 1.13.